The van der Waals surface area contributed by atoms with Gasteiger partial charge in [-0.05, 0) is 30.2 Å². The third kappa shape index (κ3) is 4.55. The zero-order valence-electron chi connectivity index (χ0n) is 16.7. The summed E-state index contributed by atoms with van der Waals surface area (Å²) in [6, 6.07) is 14.9. The van der Waals surface area contributed by atoms with Crippen LogP contribution in [0, 0.1) is 12.7 Å². The van der Waals surface area contributed by atoms with E-state index >= 15 is 0 Å². The smallest absolute Gasteiger partial charge is 0.276 e. The molecule has 2 heterocycles. The summed E-state index contributed by atoms with van der Waals surface area (Å²) in [6.07, 6.45) is 3.11. The van der Waals surface area contributed by atoms with Gasteiger partial charge in [0.15, 0.2) is 5.69 Å². The minimum absolute atomic E-state index is 0.164. The topological polar surface area (TPSA) is 94.7 Å². The molecule has 0 aliphatic rings. The number of nitrogens with zero attached hydrogens (tertiary/aromatic N) is 5. The van der Waals surface area contributed by atoms with Crippen LogP contribution in [0.25, 0.3) is 5.69 Å². The summed E-state index contributed by atoms with van der Waals surface area (Å²) >= 11 is 0. The maximum atomic E-state index is 14.2. The van der Waals surface area contributed by atoms with E-state index in [1.807, 2.05) is 24.3 Å². The van der Waals surface area contributed by atoms with Gasteiger partial charge in [0.1, 0.15) is 24.2 Å². The average molecular weight is 418 g/mol. The van der Waals surface area contributed by atoms with Gasteiger partial charge in [0, 0.05) is 18.3 Å². The molecule has 4 rings (SSSR count). The number of hydrogen-bond acceptors (Lipinski definition) is 5. The van der Waals surface area contributed by atoms with Crippen LogP contribution in [0.15, 0.2) is 72.0 Å². The number of aromatic nitrogens is 5. The summed E-state index contributed by atoms with van der Waals surface area (Å²) < 4.78 is 17.1. The van der Waals surface area contributed by atoms with Crippen LogP contribution in [-0.4, -0.2) is 30.5 Å². The number of amides is 1. The average Bonchev–Trinajstić information content (AvgIpc) is 3.27. The number of para-hydroxylation sites is 1. The van der Waals surface area contributed by atoms with E-state index in [1.54, 1.807) is 30.1 Å². The molecule has 156 valence electrons. The molecule has 0 aliphatic heterocycles. The maximum Gasteiger partial charge on any atom is 0.276 e. The van der Waals surface area contributed by atoms with E-state index in [1.165, 1.54) is 29.2 Å². The summed E-state index contributed by atoms with van der Waals surface area (Å²) in [5.41, 5.74) is 1.67. The minimum Gasteiger partial charge on any atom is -0.346 e. The Labute approximate surface area is 177 Å². The fourth-order valence-corrected chi connectivity index (χ4v) is 3.10. The monoisotopic (exact) mass is 418 g/mol. The number of carbonyl (C=O) groups excluding carboxylic acids is 1. The molecule has 0 aliphatic carbocycles. The zero-order valence-corrected chi connectivity index (χ0v) is 16.7. The number of hydrogen-bond donors (Lipinski definition) is 1. The second kappa shape index (κ2) is 8.70. The molecular formula is C22H19FN6O2. The van der Waals surface area contributed by atoms with Crippen molar-refractivity contribution in [2.45, 2.75) is 20.0 Å². The van der Waals surface area contributed by atoms with Crippen molar-refractivity contribution in [1.82, 2.24) is 29.9 Å². The van der Waals surface area contributed by atoms with Gasteiger partial charge in [-0.15, -0.1) is 0 Å². The first kappa shape index (κ1) is 20.1. The predicted octanol–water partition coefficient (Wildman–Crippen LogP) is 2.25. The number of benzene rings is 2. The molecule has 0 radical (unpaired) electrons. The van der Waals surface area contributed by atoms with E-state index in [2.05, 4.69) is 20.5 Å². The molecule has 9 heteroatoms. The summed E-state index contributed by atoms with van der Waals surface area (Å²) in [7, 11) is 0. The summed E-state index contributed by atoms with van der Waals surface area (Å²) in [4.78, 5) is 28.8. The summed E-state index contributed by atoms with van der Waals surface area (Å²) in [6.45, 7) is 2.44. The Morgan fingerprint density at radius 1 is 1.10 bits per heavy atom. The lowest BCUT2D eigenvalue weighted by atomic mass is 10.1. The highest BCUT2D eigenvalue weighted by atomic mass is 19.1. The lowest BCUT2D eigenvalue weighted by Gasteiger charge is -2.12. The van der Waals surface area contributed by atoms with Crippen molar-refractivity contribution in [3.63, 3.8) is 0 Å². The van der Waals surface area contributed by atoms with Gasteiger partial charge in [-0.2, -0.15) is 10.2 Å². The molecule has 0 bridgehead atoms. The van der Waals surface area contributed by atoms with E-state index < -0.39 is 17.2 Å². The molecular weight excluding hydrogens is 399 g/mol. The van der Waals surface area contributed by atoms with Crippen LogP contribution < -0.4 is 10.7 Å². The number of carbonyl (C=O) groups is 1. The van der Waals surface area contributed by atoms with Gasteiger partial charge in [-0.3, -0.25) is 9.59 Å². The third-order valence-electron chi connectivity index (χ3n) is 4.69. The number of nitrogens with one attached hydrogen (secondary N) is 1. The van der Waals surface area contributed by atoms with Crippen LogP contribution in [0.3, 0.4) is 0 Å². The molecule has 0 unspecified atom stereocenters. The standard InChI is InChI=1S/C22H19FN6O2/c1-15-10-20(30)21(27-29(15)19-5-3-2-4-18(19)23)22(31)25-11-16-6-8-17(9-7-16)12-28-14-24-13-26-28/h2-10,13-14H,11-12H2,1H3,(H,25,31). The van der Waals surface area contributed by atoms with Crippen LogP contribution in [0.4, 0.5) is 4.39 Å². The highest BCUT2D eigenvalue weighted by molar-refractivity contribution is 5.92. The Balaban J connectivity index is 1.48. The van der Waals surface area contributed by atoms with E-state index in [4.69, 9.17) is 0 Å². The molecule has 2 aromatic carbocycles. The van der Waals surface area contributed by atoms with E-state index in [0.717, 1.165) is 11.1 Å². The molecule has 4 aromatic rings. The van der Waals surface area contributed by atoms with Crippen LogP contribution in [0.2, 0.25) is 0 Å². The number of rotatable bonds is 6. The maximum absolute atomic E-state index is 14.2. The summed E-state index contributed by atoms with van der Waals surface area (Å²) in [5, 5.41) is 10.9. The lowest BCUT2D eigenvalue weighted by molar-refractivity contribution is 0.0943. The fourth-order valence-electron chi connectivity index (χ4n) is 3.10. The van der Waals surface area contributed by atoms with Crippen molar-refractivity contribution in [3.05, 3.63) is 106 Å². The second-order valence-electron chi connectivity index (χ2n) is 6.95. The number of aryl methyl sites for hydroxylation is 1. The van der Waals surface area contributed by atoms with Crippen molar-refractivity contribution in [3.8, 4) is 5.69 Å². The fraction of sp³-hybridized carbons (Fsp3) is 0.136. The third-order valence-corrected chi connectivity index (χ3v) is 4.69. The van der Waals surface area contributed by atoms with Gasteiger partial charge >= 0.3 is 0 Å². The summed E-state index contributed by atoms with van der Waals surface area (Å²) in [5.74, 6) is -1.12. The van der Waals surface area contributed by atoms with E-state index in [9.17, 15) is 14.0 Å². The van der Waals surface area contributed by atoms with Crippen molar-refractivity contribution in [2.75, 3.05) is 0 Å². The van der Waals surface area contributed by atoms with Crippen molar-refractivity contribution >= 4 is 5.91 Å². The highest BCUT2D eigenvalue weighted by Gasteiger charge is 2.16. The lowest BCUT2D eigenvalue weighted by Crippen LogP contribution is -2.31. The van der Waals surface area contributed by atoms with Gasteiger partial charge < -0.3 is 5.32 Å². The van der Waals surface area contributed by atoms with Crippen molar-refractivity contribution in [1.29, 1.82) is 0 Å². The van der Waals surface area contributed by atoms with Gasteiger partial charge in [0.2, 0.25) is 5.43 Å². The normalized spacial score (nSPS) is 10.8. The molecule has 2 aromatic heterocycles. The Morgan fingerprint density at radius 3 is 2.55 bits per heavy atom. The van der Waals surface area contributed by atoms with E-state index in [0.29, 0.717) is 12.2 Å². The van der Waals surface area contributed by atoms with Crippen molar-refractivity contribution < 1.29 is 9.18 Å². The quantitative estimate of drug-likeness (QED) is 0.518. The largest absolute Gasteiger partial charge is 0.346 e. The molecule has 31 heavy (non-hydrogen) atoms. The molecule has 0 atom stereocenters. The first-order chi connectivity index (χ1) is 15.0. The minimum atomic E-state index is -0.623. The van der Waals surface area contributed by atoms with Crippen LogP contribution >= 0.6 is 0 Å². The molecule has 0 fully saturated rings. The Hall–Kier alpha value is -4.14. The van der Waals surface area contributed by atoms with Gasteiger partial charge in [-0.1, -0.05) is 36.4 Å². The first-order valence-corrected chi connectivity index (χ1v) is 9.55. The van der Waals surface area contributed by atoms with Crippen LogP contribution in [-0.2, 0) is 13.1 Å². The van der Waals surface area contributed by atoms with Crippen LogP contribution in [0.5, 0.6) is 0 Å². The van der Waals surface area contributed by atoms with E-state index in [-0.39, 0.29) is 17.9 Å². The molecule has 8 nitrogen and oxygen atoms in total. The van der Waals surface area contributed by atoms with Gasteiger partial charge in [0.25, 0.3) is 5.91 Å². The first-order valence-electron chi connectivity index (χ1n) is 9.55. The molecule has 0 saturated carbocycles. The molecule has 0 spiro atoms. The Morgan fingerprint density at radius 2 is 1.84 bits per heavy atom. The second-order valence-corrected chi connectivity index (χ2v) is 6.95. The van der Waals surface area contributed by atoms with Gasteiger partial charge in [0.05, 0.1) is 6.54 Å². The zero-order chi connectivity index (χ0) is 21.8. The SMILES string of the molecule is Cc1cc(=O)c(C(=O)NCc2ccc(Cn3cncn3)cc2)nn1-c1ccccc1F. The molecule has 1 amide bonds. The number of halogens is 1. The van der Waals surface area contributed by atoms with Gasteiger partial charge in [-0.25, -0.2) is 18.7 Å². The van der Waals surface area contributed by atoms with Crippen LogP contribution in [0.1, 0.15) is 27.3 Å². The highest BCUT2D eigenvalue weighted by Crippen LogP contribution is 2.13. The Bertz CT molecular complexity index is 1270. The molecule has 0 saturated heterocycles. The van der Waals surface area contributed by atoms with Crippen molar-refractivity contribution in [2.24, 2.45) is 0 Å². The predicted molar refractivity (Wildman–Crippen MR) is 111 cm³/mol. The Kier molecular flexibility index (Phi) is 5.65. The molecule has 1 N–H and O–H groups in total.